The maximum atomic E-state index is 11.4. The molecule has 0 amide bonds. The lowest BCUT2D eigenvalue weighted by atomic mass is 9.96. The third-order valence-corrected chi connectivity index (χ3v) is 3.13. The van der Waals surface area contributed by atoms with Crippen molar-refractivity contribution in [1.29, 1.82) is 0 Å². The number of esters is 2. The lowest BCUT2D eigenvalue weighted by molar-refractivity contribution is -0.176. The molecule has 0 aromatic heterocycles. The van der Waals surface area contributed by atoms with Gasteiger partial charge in [0.1, 0.15) is 0 Å². The van der Waals surface area contributed by atoms with Gasteiger partial charge in [0.15, 0.2) is 11.2 Å². The van der Waals surface area contributed by atoms with Crippen LogP contribution in [-0.2, 0) is 38.2 Å². The van der Waals surface area contributed by atoms with Crippen molar-refractivity contribution in [3.05, 3.63) is 0 Å². The zero-order valence-electron chi connectivity index (χ0n) is 16.2. The number of rotatable bonds is 12. The van der Waals surface area contributed by atoms with E-state index in [-0.39, 0.29) is 13.2 Å². The largest absolute Gasteiger partial charge is 0.481 e. The Hall–Kier alpha value is -3.26. The van der Waals surface area contributed by atoms with Gasteiger partial charge in [-0.15, -0.1) is 0 Å². The Morgan fingerprint density at radius 3 is 1.30 bits per heavy atom. The van der Waals surface area contributed by atoms with E-state index < -0.39 is 72.7 Å². The molecule has 1 unspecified atom stereocenters. The summed E-state index contributed by atoms with van der Waals surface area (Å²) in [5.74, 6) is -8.43. The number of carboxylic acids is 4. The van der Waals surface area contributed by atoms with Crippen molar-refractivity contribution in [2.75, 3.05) is 13.2 Å². The molecule has 0 aliphatic carbocycles. The summed E-state index contributed by atoms with van der Waals surface area (Å²) >= 11 is 0. The van der Waals surface area contributed by atoms with Crippen LogP contribution in [0, 0.1) is 0 Å². The van der Waals surface area contributed by atoms with Gasteiger partial charge in [0.25, 0.3) is 0 Å². The molecular weight excluding hydrogens is 416 g/mol. The van der Waals surface area contributed by atoms with Crippen LogP contribution in [0.15, 0.2) is 0 Å². The first-order valence-electron chi connectivity index (χ1n) is 8.29. The Kier molecular flexibility index (Phi) is 12.6. The van der Waals surface area contributed by atoms with Gasteiger partial charge in [0.05, 0.1) is 38.9 Å². The average Bonchev–Trinajstić information content (AvgIpc) is 2.53. The fourth-order valence-electron chi connectivity index (χ4n) is 1.89. The van der Waals surface area contributed by atoms with Crippen LogP contribution < -0.4 is 0 Å². The molecule has 0 heterocycles. The fraction of sp³-hybridized carbons (Fsp3) is 0.625. The second kappa shape index (κ2) is 13.1. The summed E-state index contributed by atoms with van der Waals surface area (Å²) in [7, 11) is 0. The van der Waals surface area contributed by atoms with Crippen molar-refractivity contribution in [2.24, 2.45) is 0 Å². The molecule has 0 fully saturated rings. The molecule has 0 radical (unpaired) electrons. The molecule has 0 saturated carbocycles. The zero-order chi connectivity index (χ0) is 24.1. The van der Waals surface area contributed by atoms with Crippen LogP contribution in [0.2, 0.25) is 0 Å². The van der Waals surface area contributed by atoms with E-state index in [4.69, 9.17) is 25.5 Å². The third kappa shape index (κ3) is 11.6. The number of carbonyl (C=O) groups excluding carboxylic acids is 2. The van der Waals surface area contributed by atoms with Crippen LogP contribution in [0.4, 0.5) is 0 Å². The number of ether oxygens (including phenoxy) is 2. The van der Waals surface area contributed by atoms with E-state index in [1.807, 2.05) is 0 Å². The topological polar surface area (TPSA) is 242 Å². The lowest BCUT2D eigenvalue weighted by Gasteiger charge is -2.22. The first kappa shape index (κ1) is 28.9. The Morgan fingerprint density at radius 2 is 1.00 bits per heavy atom. The summed E-state index contributed by atoms with van der Waals surface area (Å²) in [5.41, 5.74) is -5.12. The number of hydrogen-bond donors (Lipinski definition) is 6. The minimum atomic E-state index is -2.74. The molecule has 0 aromatic carbocycles. The van der Waals surface area contributed by atoms with E-state index in [1.54, 1.807) is 6.92 Å². The summed E-state index contributed by atoms with van der Waals surface area (Å²) in [6.45, 7) is 3.11. The highest BCUT2D eigenvalue weighted by Crippen LogP contribution is 2.19. The molecule has 14 heteroatoms. The van der Waals surface area contributed by atoms with E-state index >= 15 is 0 Å². The van der Waals surface area contributed by atoms with Gasteiger partial charge in [-0.3, -0.25) is 19.2 Å². The van der Waals surface area contributed by atoms with Crippen molar-refractivity contribution in [1.82, 2.24) is 0 Å². The zero-order valence-corrected chi connectivity index (χ0v) is 16.2. The van der Waals surface area contributed by atoms with Gasteiger partial charge in [-0.1, -0.05) is 0 Å². The molecule has 0 aliphatic heterocycles. The van der Waals surface area contributed by atoms with Gasteiger partial charge >= 0.3 is 35.8 Å². The SMILES string of the molecule is CCOC(=O)CC(O)(CC(=O)O)C(=O)OCC.O=C(O)CC(O)(CC(=O)O)C(=O)O. The number of hydrogen-bond acceptors (Lipinski definition) is 10. The Morgan fingerprint density at radius 1 is 0.633 bits per heavy atom. The molecule has 0 spiro atoms. The van der Waals surface area contributed by atoms with Gasteiger partial charge in [-0.05, 0) is 13.8 Å². The normalized spacial score (nSPS) is 12.4. The molecule has 0 rings (SSSR count). The molecule has 6 N–H and O–H groups in total. The minimum Gasteiger partial charge on any atom is -0.481 e. The van der Waals surface area contributed by atoms with Gasteiger partial charge in [0.2, 0.25) is 0 Å². The highest BCUT2D eigenvalue weighted by molar-refractivity contribution is 5.89. The van der Waals surface area contributed by atoms with Crippen molar-refractivity contribution in [2.45, 2.75) is 50.7 Å². The van der Waals surface area contributed by atoms with Crippen LogP contribution in [0.1, 0.15) is 39.5 Å². The fourth-order valence-corrected chi connectivity index (χ4v) is 1.89. The Bertz CT molecular complexity index is 638. The second-order valence-corrected chi connectivity index (χ2v) is 5.78. The minimum absolute atomic E-state index is 0.0242. The van der Waals surface area contributed by atoms with E-state index in [9.17, 15) is 33.9 Å². The number of aliphatic hydroxyl groups is 2. The van der Waals surface area contributed by atoms with E-state index in [0.717, 1.165) is 0 Å². The molecule has 0 aromatic rings. The molecule has 0 saturated heterocycles. The molecule has 30 heavy (non-hydrogen) atoms. The van der Waals surface area contributed by atoms with Crippen molar-refractivity contribution in [3.63, 3.8) is 0 Å². The smallest absolute Gasteiger partial charge is 0.339 e. The predicted octanol–water partition coefficient (Wildman–Crippen LogP) is -1.54. The summed E-state index contributed by atoms with van der Waals surface area (Å²) < 4.78 is 9.07. The van der Waals surface area contributed by atoms with E-state index in [1.165, 1.54) is 6.92 Å². The van der Waals surface area contributed by atoms with E-state index in [0.29, 0.717) is 0 Å². The average molecular weight is 440 g/mol. The molecule has 172 valence electrons. The molecule has 0 bridgehead atoms. The number of aliphatic carboxylic acids is 4. The predicted molar refractivity (Wildman–Crippen MR) is 92.2 cm³/mol. The summed E-state index contributed by atoms with van der Waals surface area (Å²) in [4.78, 5) is 63.6. The number of carboxylic acid groups (broad SMARTS) is 4. The van der Waals surface area contributed by atoms with Crippen LogP contribution >= 0.6 is 0 Å². The van der Waals surface area contributed by atoms with Gasteiger partial charge in [0, 0.05) is 0 Å². The van der Waals surface area contributed by atoms with Crippen LogP contribution in [0.3, 0.4) is 0 Å². The van der Waals surface area contributed by atoms with Gasteiger partial charge < -0.3 is 40.1 Å². The quantitative estimate of drug-likeness (QED) is 0.188. The summed E-state index contributed by atoms with van der Waals surface area (Å²) in [6, 6.07) is 0. The lowest BCUT2D eigenvalue weighted by Crippen LogP contribution is -2.44. The molecule has 1 atom stereocenters. The Labute approximate surface area is 169 Å². The van der Waals surface area contributed by atoms with Gasteiger partial charge in [-0.25, -0.2) is 9.59 Å². The first-order chi connectivity index (χ1) is 13.6. The van der Waals surface area contributed by atoms with Crippen LogP contribution in [0.25, 0.3) is 0 Å². The molecule has 14 nitrogen and oxygen atoms in total. The van der Waals surface area contributed by atoms with Crippen molar-refractivity contribution in [3.8, 4) is 0 Å². The monoisotopic (exact) mass is 440 g/mol. The van der Waals surface area contributed by atoms with E-state index in [2.05, 4.69) is 9.47 Å². The summed E-state index contributed by atoms with van der Waals surface area (Å²) in [5, 5.41) is 52.2. The molecular formula is C16H24O14. The van der Waals surface area contributed by atoms with Gasteiger partial charge in [-0.2, -0.15) is 0 Å². The third-order valence-electron chi connectivity index (χ3n) is 3.13. The highest BCUT2D eigenvalue weighted by atomic mass is 16.6. The van der Waals surface area contributed by atoms with Crippen molar-refractivity contribution < 1.29 is 68.9 Å². The second-order valence-electron chi connectivity index (χ2n) is 5.78. The van der Waals surface area contributed by atoms with Crippen molar-refractivity contribution >= 4 is 35.8 Å². The maximum absolute atomic E-state index is 11.4. The standard InChI is InChI=1S/C10H16O7.C6H8O7/c1-3-16-8(13)6-10(15,5-7(11)12)9(14)17-4-2;7-3(8)1-6(13,5(11)12)2-4(9)10/h15H,3-6H2,1-2H3,(H,11,12);13H,1-2H2,(H,7,8)(H,9,10)(H,11,12). The van der Waals surface area contributed by atoms with Crippen LogP contribution in [-0.4, -0.2) is 90.9 Å². The highest BCUT2D eigenvalue weighted by Gasteiger charge is 2.43. The Balaban J connectivity index is 0. The summed E-state index contributed by atoms with van der Waals surface area (Å²) in [6.07, 6.45) is -3.94. The first-order valence-corrected chi connectivity index (χ1v) is 8.29. The van der Waals surface area contributed by atoms with Crippen LogP contribution in [0.5, 0.6) is 0 Å². The maximum Gasteiger partial charge on any atom is 0.339 e. The number of carbonyl (C=O) groups is 6. The molecule has 0 aliphatic rings.